The van der Waals surface area contributed by atoms with Crippen LogP contribution in [0, 0.1) is 5.92 Å². The smallest absolute Gasteiger partial charge is 0.118 e. The third kappa shape index (κ3) is 3.61. The highest BCUT2D eigenvalue weighted by Crippen LogP contribution is 2.22. The molecular weight excluding hydrogens is 222 g/mol. The summed E-state index contributed by atoms with van der Waals surface area (Å²) in [5.41, 5.74) is 2.93. The normalized spacial score (nSPS) is 21.3. The Kier molecular flexibility index (Phi) is 4.43. The SMILES string of the molecule is COc1ccc(CC2CC(C)=CCN(C)C2)cc1. The molecule has 1 aliphatic rings. The lowest BCUT2D eigenvalue weighted by molar-refractivity contribution is 0.307. The second-order valence-corrected chi connectivity index (χ2v) is 5.39. The third-order valence-electron chi connectivity index (χ3n) is 3.62. The minimum absolute atomic E-state index is 0.724. The number of methoxy groups -OCH3 is 1. The molecule has 1 aromatic carbocycles. The van der Waals surface area contributed by atoms with Crippen molar-refractivity contribution in [1.82, 2.24) is 4.90 Å². The van der Waals surface area contributed by atoms with E-state index < -0.39 is 0 Å². The molecule has 1 atom stereocenters. The molecule has 1 heterocycles. The molecule has 0 saturated heterocycles. The summed E-state index contributed by atoms with van der Waals surface area (Å²) in [6, 6.07) is 8.47. The van der Waals surface area contributed by atoms with Gasteiger partial charge in [0.2, 0.25) is 0 Å². The van der Waals surface area contributed by atoms with Gasteiger partial charge in [-0.1, -0.05) is 23.8 Å². The lowest BCUT2D eigenvalue weighted by Crippen LogP contribution is -2.25. The molecule has 0 saturated carbocycles. The van der Waals surface area contributed by atoms with Crippen LogP contribution in [-0.4, -0.2) is 32.1 Å². The largest absolute Gasteiger partial charge is 0.497 e. The van der Waals surface area contributed by atoms with Crippen LogP contribution in [0.4, 0.5) is 0 Å². The highest BCUT2D eigenvalue weighted by atomic mass is 16.5. The average Bonchev–Trinajstić information content (AvgIpc) is 2.52. The van der Waals surface area contributed by atoms with E-state index in [2.05, 4.69) is 49.2 Å². The molecule has 2 nitrogen and oxygen atoms in total. The Balaban J connectivity index is 2.00. The summed E-state index contributed by atoms with van der Waals surface area (Å²) < 4.78 is 5.20. The van der Waals surface area contributed by atoms with Crippen LogP contribution in [0.15, 0.2) is 35.9 Å². The van der Waals surface area contributed by atoms with Gasteiger partial charge in [0.25, 0.3) is 0 Å². The first-order valence-corrected chi connectivity index (χ1v) is 6.64. The van der Waals surface area contributed by atoms with Gasteiger partial charge in [-0.25, -0.2) is 0 Å². The standard InChI is InChI=1S/C16H23NO/c1-13-8-9-17(2)12-15(10-13)11-14-4-6-16(18-3)7-5-14/h4-8,15H,9-12H2,1-3H3. The minimum Gasteiger partial charge on any atom is -0.497 e. The topological polar surface area (TPSA) is 12.5 Å². The average molecular weight is 245 g/mol. The Labute approximate surface area is 110 Å². The fourth-order valence-electron chi connectivity index (χ4n) is 2.66. The van der Waals surface area contributed by atoms with Crippen LogP contribution in [-0.2, 0) is 6.42 Å². The van der Waals surface area contributed by atoms with Crippen LogP contribution in [0.2, 0.25) is 0 Å². The number of benzene rings is 1. The van der Waals surface area contributed by atoms with E-state index in [-0.39, 0.29) is 0 Å². The maximum atomic E-state index is 5.20. The Bertz CT molecular complexity index is 408. The number of ether oxygens (including phenoxy) is 1. The number of allylic oxidation sites excluding steroid dienone is 1. The first-order valence-electron chi connectivity index (χ1n) is 6.64. The van der Waals surface area contributed by atoms with Gasteiger partial charge in [0, 0.05) is 13.1 Å². The summed E-state index contributed by atoms with van der Waals surface area (Å²) in [6.45, 7) is 4.52. The minimum atomic E-state index is 0.724. The Morgan fingerprint density at radius 2 is 2.00 bits per heavy atom. The summed E-state index contributed by atoms with van der Waals surface area (Å²) in [6.07, 6.45) is 4.73. The highest BCUT2D eigenvalue weighted by Gasteiger charge is 2.15. The Hall–Kier alpha value is -1.28. The quantitative estimate of drug-likeness (QED) is 0.759. The number of hydrogen-bond acceptors (Lipinski definition) is 2. The van der Waals surface area contributed by atoms with E-state index in [1.807, 2.05) is 0 Å². The summed E-state index contributed by atoms with van der Waals surface area (Å²) in [4.78, 5) is 2.41. The predicted octanol–water partition coefficient (Wildman–Crippen LogP) is 3.14. The van der Waals surface area contributed by atoms with Crippen LogP contribution in [0.3, 0.4) is 0 Å². The zero-order chi connectivity index (χ0) is 13.0. The van der Waals surface area contributed by atoms with Gasteiger partial charge in [0.1, 0.15) is 5.75 Å². The molecule has 18 heavy (non-hydrogen) atoms. The zero-order valence-corrected chi connectivity index (χ0v) is 11.6. The fourth-order valence-corrected chi connectivity index (χ4v) is 2.66. The Morgan fingerprint density at radius 3 is 2.67 bits per heavy atom. The summed E-state index contributed by atoms with van der Waals surface area (Å²) >= 11 is 0. The van der Waals surface area contributed by atoms with Crippen molar-refractivity contribution >= 4 is 0 Å². The van der Waals surface area contributed by atoms with Gasteiger partial charge in [-0.05, 0) is 50.4 Å². The zero-order valence-electron chi connectivity index (χ0n) is 11.6. The van der Waals surface area contributed by atoms with E-state index in [1.54, 1.807) is 7.11 Å². The summed E-state index contributed by atoms with van der Waals surface area (Å²) in [5.74, 6) is 1.66. The molecule has 0 fully saturated rings. The monoisotopic (exact) mass is 245 g/mol. The van der Waals surface area contributed by atoms with Gasteiger partial charge in [0.15, 0.2) is 0 Å². The molecule has 2 heteroatoms. The molecule has 98 valence electrons. The number of nitrogens with zero attached hydrogens (tertiary/aromatic N) is 1. The second kappa shape index (κ2) is 6.05. The summed E-state index contributed by atoms with van der Waals surface area (Å²) in [7, 11) is 3.92. The van der Waals surface area contributed by atoms with Crippen LogP contribution in [0.25, 0.3) is 0 Å². The van der Waals surface area contributed by atoms with E-state index >= 15 is 0 Å². The van der Waals surface area contributed by atoms with Gasteiger partial charge in [-0.2, -0.15) is 0 Å². The van der Waals surface area contributed by atoms with Crippen molar-refractivity contribution in [2.75, 3.05) is 27.2 Å². The van der Waals surface area contributed by atoms with E-state index in [1.165, 1.54) is 24.1 Å². The molecule has 1 aliphatic heterocycles. The van der Waals surface area contributed by atoms with Crippen LogP contribution in [0.5, 0.6) is 5.75 Å². The molecule has 0 aliphatic carbocycles. The van der Waals surface area contributed by atoms with Crippen LogP contribution < -0.4 is 4.74 Å². The number of rotatable bonds is 3. The van der Waals surface area contributed by atoms with Crippen molar-refractivity contribution in [3.05, 3.63) is 41.5 Å². The number of hydrogen-bond donors (Lipinski definition) is 0. The third-order valence-corrected chi connectivity index (χ3v) is 3.62. The Morgan fingerprint density at radius 1 is 1.28 bits per heavy atom. The lowest BCUT2D eigenvalue weighted by Gasteiger charge is -2.20. The molecule has 0 radical (unpaired) electrons. The molecule has 1 aromatic rings. The molecule has 2 rings (SSSR count). The van der Waals surface area contributed by atoms with Crippen molar-refractivity contribution < 1.29 is 4.74 Å². The van der Waals surface area contributed by atoms with Gasteiger partial charge >= 0.3 is 0 Å². The van der Waals surface area contributed by atoms with Crippen LogP contribution in [0.1, 0.15) is 18.9 Å². The van der Waals surface area contributed by atoms with Gasteiger partial charge < -0.3 is 9.64 Å². The molecule has 0 amide bonds. The highest BCUT2D eigenvalue weighted by molar-refractivity contribution is 5.27. The molecule has 0 bridgehead atoms. The van der Waals surface area contributed by atoms with E-state index in [4.69, 9.17) is 4.74 Å². The maximum absolute atomic E-state index is 5.20. The van der Waals surface area contributed by atoms with Crippen molar-refractivity contribution in [3.8, 4) is 5.75 Å². The van der Waals surface area contributed by atoms with Crippen molar-refractivity contribution in [2.24, 2.45) is 5.92 Å². The molecule has 0 spiro atoms. The molecule has 0 N–H and O–H groups in total. The van der Waals surface area contributed by atoms with Crippen molar-refractivity contribution in [3.63, 3.8) is 0 Å². The lowest BCUT2D eigenvalue weighted by atomic mass is 9.93. The molecular formula is C16H23NO. The van der Waals surface area contributed by atoms with Crippen molar-refractivity contribution in [1.29, 1.82) is 0 Å². The number of likely N-dealkylation sites (N-methyl/N-ethyl adjacent to an activating group) is 1. The first-order chi connectivity index (χ1) is 8.67. The predicted molar refractivity (Wildman–Crippen MR) is 76.1 cm³/mol. The molecule has 0 aromatic heterocycles. The van der Waals surface area contributed by atoms with Crippen molar-refractivity contribution in [2.45, 2.75) is 19.8 Å². The molecule has 1 unspecified atom stereocenters. The summed E-state index contributed by atoms with van der Waals surface area (Å²) in [5, 5.41) is 0. The van der Waals surface area contributed by atoms with Crippen LogP contribution >= 0.6 is 0 Å². The van der Waals surface area contributed by atoms with Gasteiger partial charge in [0.05, 0.1) is 7.11 Å². The second-order valence-electron chi connectivity index (χ2n) is 5.39. The van der Waals surface area contributed by atoms with E-state index in [9.17, 15) is 0 Å². The van der Waals surface area contributed by atoms with Gasteiger partial charge in [-0.15, -0.1) is 0 Å². The fraction of sp³-hybridized carbons (Fsp3) is 0.500. The van der Waals surface area contributed by atoms with E-state index in [0.29, 0.717) is 0 Å². The maximum Gasteiger partial charge on any atom is 0.118 e. The van der Waals surface area contributed by atoms with Gasteiger partial charge in [-0.3, -0.25) is 0 Å². The first kappa shape index (κ1) is 13.2. The van der Waals surface area contributed by atoms with E-state index in [0.717, 1.165) is 24.6 Å².